The molecule has 0 unspecified atom stereocenters. The normalized spacial score (nSPS) is 16.6. The summed E-state index contributed by atoms with van der Waals surface area (Å²) in [7, 11) is 0. The van der Waals surface area contributed by atoms with Gasteiger partial charge >= 0.3 is 0 Å². The van der Waals surface area contributed by atoms with E-state index in [1.54, 1.807) is 0 Å². The Morgan fingerprint density at radius 3 is 2.32 bits per heavy atom. The summed E-state index contributed by atoms with van der Waals surface area (Å²) in [6.07, 6.45) is 1.60. The van der Waals surface area contributed by atoms with Gasteiger partial charge in [-0.1, -0.05) is 35.9 Å². The van der Waals surface area contributed by atoms with Gasteiger partial charge in [0.1, 0.15) is 0 Å². The number of Topliss-reactive ketones (excluding diaryl/α,β-unsaturated/α-hetero) is 1. The minimum atomic E-state index is -0.210. The summed E-state index contributed by atoms with van der Waals surface area (Å²) in [5.74, 6) is 0.295. The zero-order valence-corrected chi connectivity index (χ0v) is 17.3. The maximum atomic E-state index is 12.9. The standard InChI is InChI=1S/C24H30N2O2/c1-16-6-5-7-21(15-16)25-24(28)19(4)26-12-10-20(11-13-26)23(27)22-9-8-17(2)14-18(22)3/h5-9,14-15,19-20H,10-13H2,1-4H3,(H,25,28)/t19-/m0/s1. The van der Waals surface area contributed by atoms with Crippen molar-refractivity contribution in [3.8, 4) is 0 Å². The molecule has 1 saturated heterocycles. The number of aryl methyl sites for hydroxylation is 3. The van der Waals surface area contributed by atoms with E-state index in [9.17, 15) is 9.59 Å². The lowest BCUT2D eigenvalue weighted by molar-refractivity contribution is -0.121. The lowest BCUT2D eigenvalue weighted by atomic mass is 9.86. The first-order chi connectivity index (χ1) is 13.3. The van der Waals surface area contributed by atoms with Crippen LogP contribution in [0.15, 0.2) is 42.5 Å². The van der Waals surface area contributed by atoms with Crippen molar-refractivity contribution in [2.24, 2.45) is 5.92 Å². The molecular formula is C24H30N2O2. The molecule has 148 valence electrons. The zero-order valence-electron chi connectivity index (χ0n) is 17.3. The Bertz CT molecular complexity index is 867. The van der Waals surface area contributed by atoms with Crippen molar-refractivity contribution in [1.82, 2.24) is 4.90 Å². The first-order valence-corrected chi connectivity index (χ1v) is 10.1. The molecule has 4 nitrogen and oxygen atoms in total. The summed E-state index contributed by atoms with van der Waals surface area (Å²) in [6, 6.07) is 13.7. The monoisotopic (exact) mass is 378 g/mol. The van der Waals surface area contributed by atoms with Crippen molar-refractivity contribution in [1.29, 1.82) is 0 Å². The number of hydrogen-bond donors (Lipinski definition) is 1. The molecule has 1 fully saturated rings. The highest BCUT2D eigenvalue weighted by Gasteiger charge is 2.30. The summed E-state index contributed by atoms with van der Waals surface area (Å²) in [6.45, 7) is 9.54. The van der Waals surface area contributed by atoms with Crippen LogP contribution in [0.5, 0.6) is 0 Å². The number of rotatable bonds is 5. The summed E-state index contributed by atoms with van der Waals surface area (Å²) >= 11 is 0. The number of benzene rings is 2. The molecule has 0 bridgehead atoms. The van der Waals surface area contributed by atoms with Gasteiger partial charge < -0.3 is 5.32 Å². The zero-order chi connectivity index (χ0) is 20.3. The van der Waals surface area contributed by atoms with Crippen molar-refractivity contribution >= 4 is 17.4 Å². The number of nitrogens with one attached hydrogen (secondary N) is 1. The van der Waals surface area contributed by atoms with Gasteiger partial charge in [-0.2, -0.15) is 0 Å². The van der Waals surface area contributed by atoms with Crippen LogP contribution in [-0.4, -0.2) is 35.7 Å². The lowest BCUT2D eigenvalue weighted by Gasteiger charge is -2.35. The smallest absolute Gasteiger partial charge is 0.241 e. The fourth-order valence-corrected chi connectivity index (χ4v) is 3.99. The quantitative estimate of drug-likeness (QED) is 0.778. The van der Waals surface area contributed by atoms with Gasteiger partial charge in [0.2, 0.25) is 5.91 Å². The molecule has 4 heteroatoms. The number of likely N-dealkylation sites (tertiary alicyclic amines) is 1. The third-order valence-electron chi connectivity index (χ3n) is 5.76. The molecule has 0 aromatic heterocycles. The number of carbonyl (C=O) groups is 2. The average Bonchev–Trinajstić information content (AvgIpc) is 2.67. The average molecular weight is 379 g/mol. The molecule has 1 heterocycles. The number of amides is 1. The Morgan fingerprint density at radius 2 is 1.68 bits per heavy atom. The van der Waals surface area contributed by atoms with Crippen LogP contribution in [0.2, 0.25) is 0 Å². The minimum Gasteiger partial charge on any atom is -0.325 e. The minimum absolute atomic E-state index is 0.00440. The van der Waals surface area contributed by atoms with E-state index >= 15 is 0 Å². The van der Waals surface area contributed by atoms with Gasteiger partial charge in [-0.3, -0.25) is 14.5 Å². The second-order valence-corrected chi connectivity index (χ2v) is 8.03. The highest BCUT2D eigenvalue weighted by Crippen LogP contribution is 2.25. The molecule has 1 amide bonds. The lowest BCUT2D eigenvalue weighted by Crippen LogP contribution is -2.47. The fraction of sp³-hybridized carbons (Fsp3) is 0.417. The molecule has 3 rings (SSSR count). The summed E-state index contributed by atoms with van der Waals surface area (Å²) in [5.41, 5.74) is 5.03. The van der Waals surface area contributed by atoms with E-state index in [2.05, 4.69) is 16.3 Å². The Kier molecular flexibility index (Phi) is 6.30. The number of nitrogens with zero attached hydrogens (tertiary/aromatic N) is 1. The molecule has 1 aliphatic rings. The van der Waals surface area contributed by atoms with Crippen LogP contribution in [0.25, 0.3) is 0 Å². The van der Waals surface area contributed by atoms with Crippen molar-refractivity contribution < 1.29 is 9.59 Å². The molecule has 2 aromatic carbocycles. The Labute approximate surface area is 167 Å². The van der Waals surface area contributed by atoms with E-state index in [0.717, 1.165) is 48.3 Å². The fourth-order valence-electron chi connectivity index (χ4n) is 3.99. The topological polar surface area (TPSA) is 49.4 Å². The SMILES string of the molecule is Cc1cccc(NC(=O)[C@H](C)N2CCC(C(=O)c3ccc(C)cc3C)CC2)c1. The Hall–Kier alpha value is -2.46. The Morgan fingerprint density at radius 1 is 1.00 bits per heavy atom. The number of ketones is 1. The van der Waals surface area contributed by atoms with Gasteiger partial charge in [-0.25, -0.2) is 0 Å². The molecule has 0 spiro atoms. The second kappa shape index (κ2) is 8.70. The summed E-state index contributed by atoms with van der Waals surface area (Å²) < 4.78 is 0. The number of anilines is 1. The number of piperidine rings is 1. The van der Waals surface area contributed by atoms with Crippen molar-refractivity contribution in [3.05, 3.63) is 64.7 Å². The van der Waals surface area contributed by atoms with Crippen LogP contribution < -0.4 is 5.32 Å². The van der Waals surface area contributed by atoms with Crippen LogP contribution in [0, 0.1) is 26.7 Å². The second-order valence-electron chi connectivity index (χ2n) is 8.03. The molecule has 0 aliphatic carbocycles. The third-order valence-corrected chi connectivity index (χ3v) is 5.76. The highest BCUT2D eigenvalue weighted by molar-refractivity contribution is 5.99. The summed E-state index contributed by atoms with van der Waals surface area (Å²) in [4.78, 5) is 27.7. The Balaban J connectivity index is 1.56. The third kappa shape index (κ3) is 4.68. The molecule has 0 saturated carbocycles. The first kappa shape index (κ1) is 20.3. The van der Waals surface area contributed by atoms with E-state index in [1.165, 1.54) is 5.56 Å². The van der Waals surface area contributed by atoms with E-state index in [-0.39, 0.29) is 23.7 Å². The summed E-state index contributed by atoms with van der Waals surface area (Å²) in [5, 5.41) is 3.00. The maximum absolute atomic E-state index is 12.9. The van der Waals surface area contributed by atoms with Crippen molar-refractivity contribution in [3.63, 3.8) is 0 Å². The van der Waals surface area contributed by atoms with Crippen LogP contribution in [0.1, 0.15) is 46.8 Å². The predicted molar refractivity (Wildman–Crippen MR) is 114 cm³/mol. The van der Waals surface area contributed by atoms with Crippen molar-refractivity contribution in [2.75, 3.05) is 18.4 Å². The highest BCUT2D eigenvalue weighted by atomic mass is 16.2. The van der Waals surface area contributed by atoms with Crippen LogP contribution >= 0.6 is 0 Å². The molecule has 1 atom stereocenters. The van der Waals surface area contributed by atoms with E-state index in [1.807, 2.05) is 64.1 Å². The van der Waals surface area contributed by atoms with Crippen LogP contribution in [-0.2, 0) is 4.79 Å². The molecule has 28 heavy (non-hydrogen) atoms. The predicted octanol–water partition coefficient (Wildman–Crippen LogP) is 4.53. The number of carbonyl (C=O) groups excluding carboxylic acids is 2. The maximum Gasteiger partial charge on any atom is 0.241 e. The largest absolute Gasteiger partial charge is 0.325 e. The van der Waals surface area contributed by atoms with Gasteiger partial charge in [0.25, 0.3) is 0 Å². The molecular weight excluding hydrogens is 348 g/mol. The van der Waals surface area contributed by atoms with Gasteiger partial charge in [0.05, 0.1) is 6.04 Å². The van der Waals surface area contributed by atoms with Gasteiger partial charge in [-0.05, 0) is 76.9 Å². The molecule has 2 aromatic rings. The van der Waals surface area contributed by atoms with Gasteiger partial charge in [-0.15, -0.1) is 0 Å². The van der Waals surface area contributed by atoms with Gasteiger partial charge in [0.15, 0.2) is 5.78 Å². The number of hydrogen-bond acceptors (Lipinski definition) is 3. The van der Waals surface area contributed by atoms with Gasteiger partial charge in [0, 0.05) is 17.2 Å². The first-order valence-electron chi connectivity index (χ1n) is 10.1. The molecule has 1 N–H and O–H groups in total. The molecule has 1 aliphatic heterocycles. The van der Waals surface area contributed by atoms with Crippen LogP contribution in [0.4, 0.5) is 5.69 Å². The molecule has 0 radical (unpaired) electrons. The van der Waals surface area contributed by atoms with E-state index < -0.39 is 0 Å². The van der Waals surface area contributed by atoms with E-state index in [0.29, 0.717) is 0 Å². The van der Waals surface area contributed by atoms with Crippen LogP contribution in [0.3, 0.4) is 0 Å². The van der Waals surface area contributed by atoms with E-state index in [4.69, 9.17) is 0 Å². The van der Waals surface area contributed by atoms with Crippen molar-refractivity contribution in [2.45, 2.75) is 46.6 Å².